The summed E-state index contributed by atoms with van der Waals surface area (Å²) in [6, 6.07) is 8.17. The quantitative estimate of drug-likeness (QED) is 0.906. The van der Waals surface area contributed by atoms with Crippen molar-refractivity contribution in [3.8, 4) is 0 Å². The molecule has 0 amide bonds. The van der Waals surface area contributed by atoms with Crippen molar-refractivity contribution in [1.82, 2.24) is 0 Å². The summed E-state index contributed by atoms with van der Waals surface area (Å²) in [7, 11) is -3.59. The van der Waals surface area contributed by atoms with Crippen LogP contribution in [-0.4, -0.2) is 25.7 Å². The topological polar surface area (TPSA) is 63.6 Å². The van der Waals surface area contributed by atoms with Crippen LogP contribution in [0.25, 0.3) is 0 Å². The maximum Gasteiger partial charge on any atom is 0.206 e. The second-order valence-corrected chi connectivity index (χ2v) is 6.83. The molecule has 1 atom stereocenters. The van der Waals surface area contributed by atoms with Crippen molar-refractivity contribution >= 4 is 9.84 Å². The van der Waals surface area contributed by atoms with Gasteiger partial charge in [0, 0.05) is 0 Å². The highest BCUT2D eigenvalue weighted by Gasteiger charge is 2.40. The summed E-state index contributed by atoms with van der Waals surface area (Å²) in [5, 5.41) is 10.0. The van der Waals surface area contributed by atoms with Crippen LogP contribution in [0.3, 0.4) is 0 Å². The van der Waals surface area contributed by atoms with Gasteiger partial charge in [-0.05, 0) is 26.0 Å². The summed E-state index contributed by atoms with van der Waals surface area (Å²) in [5.74, 6) is -0.539. The molecule has 1 aromatic rings. The average Bonchev–Trinajstić information content (AvgIpc) is 2.79. The standard InChI is InChI=1S/C13H16O4S/c1-13(2,14)11-8-17-9-12(11)18(15,16)10-6-4-3-5-7-10/h3-7,9,11,14H,8H2,1-2H3/t11-/m0/s1. The minimum Gasteiger partial charge on any atom is -0.499 e. The van der Waals surface area contributed by atoms with Gasteiger partial charge < -0.3 is 9.84 Å². The van der Waals surface area contributed by atoms with Gasteiger partial charge in [0.1, 0.15) is 0 Å². The molecule has 4 nitrogen and oxygen atoms in total. The molecule has 1 N–H and O–H groups in total. The Bertz CT molecular complexity index is 552. The van der Waals surface area contributed by atoms with Crippen molar-refractivity contribution in [2.24, 2.45) is 5.92 Å². The number of hydrogen-bond acceptors (Lipinski definition) is 4. The molecule has 0 spiro atoms. The van der Waals surface area contributed by atoms with E-state index in [0.717, 1.165) is 0 Å². The summed E-state index contributed by atoms with van der Waals surface area (Å²) in [6.45, 7) is 3.35. The van der Waals surface area contributed by atoms with Gasteiger partial charge in [0.2, 0.25) is 9.84 Å². The van der Waals surface area contributed by atoms with Crippen LogP contribution in [0.4, 0.5) is 0 Å². The summed E-state index contributed by atoms with van der Waals surface area (Å²) in [5.41, 5.74) is -1.13. The van der Waals surface area contributed by atoms with Crippen LogP contribution in [0, 0.1) is 5.92 Å². The first-order chi connectivity index (χ1) is 8.33. The number of benzene rings is 1. The Morgan fingerprint density at radius 3 is 2.44 bits per heavy atom. The van der Waals surface area contributed by atoms with Gasteiger partial charge in [0.25, 0.3) is 0 Å². The van der Waals surface area contributed by atoms with E-state index in [1.165, 1.54) is 18.4 Å². The normalized spacial score (nSPS) is 20.4. The van der Waals surface area contributed by atoms with E-state index in [2.05, 4.69) is 0 Å². The molecule has 1 aliphatic heterocycles. The van der Waals surface area contributed by atoms with Crippen LogP contribution in [0.1, 0.15) is 13.8 Å². The zero-order valence-electron chi connectivity index (χ0n) is 10.3. The predicted molar refractivity (Wildman–Crippen MR) is 67.5 cm³/mol. The highest BCUT2D eigenvalue weighted by Crippen LogP contribution is 2.35. The van der Waals surface area contributed by atoms with E-state index < -0.39 is 21.4 Å². The summed E-state index contributed by atoms with van der Waals surface area (Å²) in [4.78, 5) is 0.359. The fraction of sp³-hybridized carbons (Fsp3) is 0.385. The second-order valence-electron chi connectivity index (χ2n) is 4.88. The smallest absolute Gasteiger partial charge is 0.206 e. The first kappa shape index (κ1) is 13.1. The lowest BCUT2D eigenvalue weighted by atomic mass is 9.92. The van der Waals surface area contributed by atoms with Crippen molar-refractivity contribution in [2.75, 3.05) is 6.61 Å². The molecule has 1 aliphatic rings. The molecule has 0 bridgehead atoms. The minimum absolute atomic E-state index is 0.140. The van der Waals surface area contributed by atoms with Gasteiger partial charge in [-0.2, -0.15) is 0 Å². The number of rotatable bonds is 3. The fourth-order valence-corrected chi connectivity index (χ4v) is 3.64. The lowest BCUT2D eigenvalue weighted by Crippen LogP contribution is -2.34. The summed E-state index contributed by atoms with van der Waals surface area (Å²) in [6.07, 6.45) is 1.24. The van der Waals surface area contributed by atoms with Gasteiger partial charge in [0.15, 0.2) is 0 Å². The Balaban J connectivity index is 2.43. The van der Waals surface area contributed by atoms with Gasteiger partial charge in [0.05, 0.1) is 34.2 Å². The molecule has 5 heteroatoms. The molecule has 0 aliphatic carbocycles. The molecule has 0 aromatic heterocycles. The fourth-order valence-electron chi connectivity index (χ4n) is 1.93. The SMILES string of the molecule is CC(C)(O)[C@H]1COC=C1S(=O)(=O)c1ccccc1. The minimum atomic E-state index is -3.59. The van der Waals surface area contributed by atoms with Crippen LogP contribution in [-0.2, 0) is 14.6 Å². The molecule has 0 radical (unpaired) electrons. The first-order valence-corrected chi connectivity index (χ1v) is 7.16. The third-order valence-electron chi connectivity index (χ3n) is 3.02. The first-order valence-electron chi connectivity index (χ1n) is 5.67. The predicted octanol–water partition coefficient (Wildman–Crippen LogP) is 1.72. The average molecular weight is 268 g/mol. The molecule has 98 valence electrons. The van der Waals surface area contributed by atoms with Crippen molar-refractivity contribution < 1.29 is 18.3 Å². The number of ether oxygens (including phenoxy) is 1. The summed E-state index contributed by atoms with van der Waals surface area (Å²) < 4.78 is 30.0. The Morgan fingerprint density at radius 1 is 1.28 bits per heavy atom. The number of hydrogen-bond donors (Lipinski definition) is 1. The Morgan fingerprint density at radius 2 is 1.89 bits per heavy atom. The highest BCUT2D eigenvalue weighted by molar-refractivity contribution is 7.95. The molecule has 1 heterocycles. The number of aliphatic hydroxyl groups is 1. The lowest BCUT2D eigenvalue weighted by Gasteiger charge is -2.26. The van der Waals surface area contributed by atoms with Crippen molar-refractivity contribution in [1.29, 1.82) is 0 Å². The third-order valence-corrected chi connectivity index (χ3v) is 4.92. The van der Waals surface area contributed by atoms with Crippen molar-refractivity contribution in [2.45, 2.75) is 24.3 Å². The van der Waals surface area contributed by atoms with Crippen LogP contribution < -0.4 is 0 Å². The van der Waals surface area contributed by atoms with Gasteiger partial charge in [-0.3, -0.25) is 0 Å². The molecular formula is C13H16O4S. The van der Waals surface area contributed by atoms with Gasteiger partial charge in [-0.1, -0.05) is 18.2 Å². The molecule has 0 saturated heterocycles. The molecule has 0 fully saturated rings. The Kier molecular flexibility index (Phi) is 3.21. The molecule has 0 unspecified atom stereocenters. The molecule has 1 aromatic carbocycles. The second kappa shape index (κ2) is 4.40. The third kappa shape index (κ3) is 2.28. The lowest BCUT2D eigenvalue weighted by molar-refractivity contribution is 0.0204. The largest absolute Gasteiger partial charge is 0.499 e. The molecular weight excluding hydrogens is 252 g/mol. The Labute approximate surface area is 107 Å². The maximum absolute atomic E-state index is 12.4. The van der Waals surface area contributed by atoms with Gasteiger partial charge in [-0.15, -0.1) is 0 Å². The maximum atomic E-state index is 12.4. The number of sulfone groups is 1. The van der Waals surface area contributed by atoms with E-state index >= 15 is 0 Å². The van der Waals surface area contributed by atoms with Crippen molar-refractivity contribution in [3.05, 3.63) is 41.5 Å². The highest BCUT2D eigenvalue weighted by atomic mass is 32.2. The van der Waals surface area contributed by atoms with Crippen LogP contribution in [0.5, 0.6) is 0 Å². The van der Waals surface area contributed by atoms with Crippen molar-refractivity contribution in [3.63, 3.8) is 0 Å². The summed E-state index contributed by atoms with van der Waals surface area (Å²) >= 11 is 0. The Hall–Kier alpha value is -1.33. The molecule has 2 rings (SSSR count). The molecule has 18 heavy (non-hydrogen) atoms. The van der Waals surface area contributed by atoms with E-state index in [-0.39, 0.29) is 16.4 Å². The van der Waals surface area contributed by atoms with E-state index in [0.29, 0.717) is 0 Å². The molecule has 0 saturated carbocycles. The monoisotopic (exact) mass is 268 g/mol. The van der Waals surface area contributed by atoms with Gasteiger partial charge >= 0.3 is 0 Å². The van der Waals surface area contributed by atoms with Crippen LogP contribution >= 0.6 is 0 Å². The van der Waals surface area contributed by atoms with Gasteiger partial charge in [-0.25, -0.2) is 8.42 Å². The van der Waals surface area contributed by atoms with Crippen LogP contribution in [0.2, 0.25) is 0 Å². The van der Waals surface area contributed by atoms with E-state index in [9.17, 15) is 13.5 Å². The van der Waals surface area contributed by atoms with E-state index in [4.69, 9.17) is 4.74 Å². The zero-order chi connectivity index (χ0) is 13.4. The van der Waals surface area contributed by atoms with E-state index in [1.54, 1.807) is 32.0 Å². The van der Waals surface area contributed by atoms with Crippen LogP contribution in [0.15, 0.2) is 46.4 Å². The zero-order valence-corrected chi connectivity index (χ0v) is 11.1. The van der Waals surface area contributed by atoms with E-state index in [1.807, 2.05) is 0 Å².